The lowest BCUT2D eigenvalue weighted by atomic mass is 9.82. The van der Waals surface area contributed by atoms with Crippen LogP contribution in [0.4, 0.5) is 0 Å². The predicted molar refractivity (Wildman–Crippen MR) is 251 cm³/mol. The maximum absolute atomic E-state index is 4.94. The van der Waals surface area contributed by atoms with E-state index in [0.29, 0.717) is 0 Å². The molecule has 0 saturated heterocycles. The van der Waals surface area contributed by atoms with E-state index in [-0.39, 0.29) is 5.41 Å². The number of para-hydroxylation sites is 2. The number of hydrogen-bond acceptors (Lipinski definition) is 2. The summed E-state index contributed by atoms with van der Waals surface area (Å²) in [5.41, 5.74) is 18.5. The van der Waals surface area contributed by atoms with Crippen molar-refractivity contribution in [1.29, 1.82) is 0 Å². The Morgan fingerprint density at radius 2 is 1.08 bits per heavy atom. The first-order chi connectivity index (χ1) is 29.0. The van der Waals surface area contributed by atoms with Gasteiger partial charge in [-0.05, 0) is 97.2 Å². The first-order valence-electron chi connectivity index (χ1n) is 20.4. The zero-order valence-corrected chi connectivity index (χ0v) is 33.6. The van der Waals surface area contributed by atoms with Gasteiger partial charge in [-0.1, -0.05) is 172 Å². The molecule has 0 spiro atoms. The van der Waals surface area contributed by atoms with E-state index in [1.807, 2.05) is 0 Å². The molecule has 12 rings (SSSR count). The van der Waals surface area contributed by atoms with Crippen LogP contribution in [0.3, 0.4) is 0 Å². The number of hydrogen-bond donors (Lipinski definition) is 0. The van der Waals surface area contributed by atoms with Crippen molar-refractivity contribution in [3.8, 4) is 60.8 Å². The Morgan fingerprint density at radius 1 is 0.441 bits per heavy atom. The molecule has 0 atom stereocenters. The Kier molecular flexibility index (Phi) is 7.48. The number of nitrogens with zero attached hydrogens (tertiary/aromatic N) is 2. The third-order valence-electron chi connectivity index (χ3n) is 12.7. The van der Waals surface area contributed by atoms with Crippen molar-refractivity contribution in [2.75, 3.05) is 0 Å². The zero-order valence-electron chi connectivity index (χ0n) is 32.8. The Labute approximate surface area is 347 Å². The smallest absolute Gasteiger partial charge is 0.124 e. The number of thiazole rings is 1. The van der Waals surface area contributed by atoms with Gasteiger partial charge in [0.05, 0.1) is 21.3 Å². The highest BCUT2D eigenvalue weighted by Gasteiger charge is 2.35. The monoisotopic (exact) mass is 770 g/mol. The largest absolute Gasteiger partial charge is 0.309 e. The van der Waals surface area contributed by atoms with Gasteiger partial charge in [-0.3, -0.25) is 0 Å². The Balaban J connectivity index is 0.978. The van der Waals surface area contributed by atoms with E-state index in [1.54, 1.807) is 11.3 Å². The van der Waals surface area contributed by atoms with Crippen LogP contribution in [0.25, 0.3) is 104 Å². The highest BCUT2D eigenvalue weighted by Crippen LogP contribution is 2.49. The molecule has 278 valence electrons. The van der Waals surface area contributed by atoms with E-state index in [4.69, 9.17) is 4.98 Å². The molecule has 2 nitrogen and oxygen atoms in total. The number of aromatic nitrogens is 2. The molecule has 0 amide bonds. The third kappa shape index (κ3) is 5.35. The van der Waals surface area contributed by atoms with Crippen LogP contribution in [0.5, 0.6) is 0 Å². The molecule has 1 aliphatic rings. The van der Waals surface area contributed by atoms with Crippen LogP contribution in [0, 0.1) is 0 Å². The minimum atomic E-state index is 0.00542. The van der Waals surface area contributed by atoms with Gasteiger partial charge in [-0.2, -0.15) is 0 Å². The second-order valence-electron chi connectivity index (χ2n) is 16.4. The Hall–Kier alpha value is -7.07. The second-order valence-corrected chi connectivity index (χ2v) is 17.4. The lowest BCUT2D eigenvalue weighted by Crippen LogP contribution is -2.14. The Morgan fingerprint density at radius 3 is 1.92 bits per heavy atom. The molecule has 9 aromatic carbocycles. The standard InChI is InChI=1S/C56H38N2S/c1-56(2)49-15-6-5-12-45(49)48-33-41(28-31-50(48)56)36-18-20-37(21-19-36)42-27-30-46-47-14-9-13-44(38-22-24-39(25-23-38)55-57-51-16-7-8-17-53(51)59-55)54(47)58(52(46)34-42)43-29-26-35-10-3-4-11-40(35)32-43/h3-34H,1-2H3. The maximum atomic E-state index is 4.94. The molecule has 11 aromatic rings. The SMILES string of the molecule is CC1(C)c2ccccc2-c2cc(-c3ccc(-c4ccc5c6cccc(-c7ccc(-c8nc9ccccc9s8)cc7)c6n(-c6ccc7ccccc7c6)c5c4)cc3)ccc21. The maximum Gasteiger partial charge on any atom is 0.124 e. The highest BCUT2D eigenvalue weighted by atomic mass is 32.1. The van der Waals surface area contributed by atoms with E-state index < -0.39 is 0 Å². The fourth-order valence-electron chi connectivity index (χ4n) is 9.61. The average molecular weight is 771 g/mol. The first kappa shape index (κ1) is 34.0. The van der Waals surface area contributed by atoms with E-state index >= 15 is 0 Å². The predicted octanol–water partition coefficient (Wildman–Crippen LogP) is 15.5. The molecule has 2 heterocycles. The summed E-state index contributed by atoms with van der Waals surface area (Å²) in [6.45, 7) is 4.68. The minimum absolute atomic E-state index is 0.00542. The van der Waals surface area contributed by atoms with Crippen molar-refractivity contribution in [1.82, 2.24) is 9.55 Å². The number of fused-ring (bicyclic) bond motifs is 8. The molecule has 0 fully saturated rings. The minimum Gasteiger partial charge on any atom is -0.309 e. The van der Waals surface area contributed by atoms with Crippen LogP contribution in [-0.4, -0.2) is 9.55 Å². The molecule has 1 aliphatic carbocycles. The van der Waals surface area contributed by atoms with Crippen molar-refractivity contribution in [2.24, 2.45) is 0 Å². The van der Waals surface area contributed by atoms with Crippen molar-refractivity contribution in [3.05, 3.63) is 205 Å². The lowest BCUT2D eigenvalue weighted by molar-refractivity contribution is 0.660. The highest BCUT2D eigenvalue weighted by molar-refractivity contribution is 7.21. The summed E-state index contributed by atoms with van der Waals surface area (Å²) in [6, 6.07) is 71.6. The van der Waals surface area contributed by atoms with Gasteiger partial charge in [0.2, 0.25) is 0 Å². The molecule has 0 aliphatic heterocycles. The zero-order chi connectivity index (χ0) is 39.2. The fourth-order valence-corrected chi connectivity index (χ4v) is 10.6. The van der Waals surface area contributed by atoms with Crippen LogP contribution < -0.4 is 0 Å². The summed E-state index contributed by atoms with van der Waals surface area (Å²) in [5.74, 6) is 0. The molecule has 3 heteroatoms. The van der Waals surface area contributed by atoms with Crippen molar-refractivity contribution >= 4 is 54.1 Å². The van der Waals surface area contributed by atoms with Gasteiger partial charge in [-0.15, -0.1) is 11.3 Å². The second kappa shape index (κ2) is 13.0. The molecule has 59 heavy (non-hydrogen) atoms. The van der Waals surface area contributed by atoms with Gasteiger partial charge in [0.25, 0.3) is 0 Å². The van der Waals surface area contributed by atoms with Crippen LogP contribution in [0.2, 0.25) is 0 Å². The van der Waals surface area contributed by atoms with Gasteiger partial charge in [0.15, 0.2) is 0 Å². The number of rotatable bonds is 5. The summed E-state index contributed by atoms with van der Waals surface area (Å²) >= 11 is 1.74. The Bertz CT molecular complexity index is 3420. The molecule has 0 unspecified atom stereocenters. The molecule has 0 N–H and O–H groups in total. The van der Waals surface area contributed by atoms with Crippen LogP contribution >= 0.6 is 11.3 Å². The van der Waals surface area contributed by atoms with Crippen LogP contribution in [0.1, 0.15) is 25.0 Å². The van der Waals surface area contributed by atoms with E-state index in [0.717, 1.165) is 21.8 Å². The molecule has 0 bridgehead atoms. The van der Waals surface area contributed by atoms with Gasteiger partial charge >= 0.3 is 0 Å². The third-order valence-corrected chi connectivity index (χ3v) is 13.7. The first-order valence-corrected chi connectivity index (χ1v) is 21.2. The van der Waals surface area contributed by atoms with Gasteiger partial charge in [0, 0.05) is 33.0 Å². The van der Waals surface area contributed by atoms with Gasteiger partial charge in [0.1, 0.15) is 5.01 Å². The van der Waals surface area contributed by atoms with Crippen LogP contribution in [0.15, 0.2) is 194 Å². The molecule has 0 radical (unpaired) electrons. The summed E-state index contributed by atoms with van der Waals surface area (Å²) in [4.78, 5) is 4.94. The van der Waals surface area contributed by atoms with Crippen molar-refractivity contribution in [2.45, 2.75) is 19.3 Å². The summed E-state index contributed by atoms with van der Waals surface area (Å²) in [5, 5.41) is 5.98. The molecule has 0 saturated carbocycles. The van der Waals surface area contributed by atoms with Gasteiger partial charge < -0.3 is 4.57 Å². The summed E-state index contributed by atoms with van der Waals surface area (Å²) in [6.07, 6.45) is 0. The van der Waals surface area contributed by atoms with E-state index in [1.165, 1.54) is 92.9 Å². The molecular weight excluding hydrogens is 733 g/mol. The quantitative estimate of drug-likeness (QED) is 0.170. The summed E-state index contributed by atoms with van der Waals surface area (Å²) in [7, 11) is 0. The average Bonchev–Trinajstić information content (AvgIpc) is 3.94. The van der Waals surface area contributed by atoms with E-state index in [2.05, 4.69) is 213 Å². The summed E-state index contributed by atoms with van der Waals surface area (Å²) < 4.78 is 3.69. The molecule has 2 aromatic heterocycles. The topological polar surface area (TPSA) is 17.8 Å². The lowest BCUT2D eigenvalue weighted by Gasteiger charge is -2.21. The fraction of sp³-hybridized carbons (Fsp3) is 0.0536. The van der Waals surface area contributed by atoms with E-state index in [9.17, 15) is 0 Å². The van der Waals surface area contributed by atoms with Crippen LogP contribution in [-0.2, 0) is 5.41 Å². The van der Waals surface area contributed by atoms with Crippen molar-refractivity contribution in [3.63, 3.8) is 0 Å². The number of benzene rings is 9. The van der Waals surface area contributed by atoms with Gasteiger partial charge in [-0.25, -0.2) is 4.98 Å². The van der Waals surface area contributed by atoms with Crippen molar-refractivity contribution < 1.29 is 0 Å². The normalized spacial score (nSPS) is 13.1. The molecular formula is C56H38N2S.